The molecule has 0 aliphatic heterocycles. The molecule has 0 aliphatic carbocycles. The standard InChI is InChI=1S/C24H18FN3O2S/c1-15(29)16-7-10-19(11-8-16)26-22(30)14-31-24-20-13-18(25)9-12-21(20)27-23(28-24)17-5-3-2-4-6-17/h2-13H,14H2,1H3,(H,26,30). The van der Waals surface area contributed by atoms with Gasteiger partial charge in [-0.1, -0.05) is 42.1 Å². The number of ketones is 1. The fourth-order valence-corrected chi connectivity index (χ4v) is 3.83. The number of fused-ring (bicyclic) bond motifs is 1. The van der Waals surface area contributed by atoms with Crippen LogP contribution < -0.4 is 5.32 Å². The number of rotatable bonds is 6. The van der Waals surface area contributed by atoms with Crippen molar-refractivity contribution in [1.82, 2.24) is 9.97 Å². The van der Waals surface area contributed by atoms with E-state index in [-0.39, 0.29) is 23.3 Å². The van der Waals surface area contributed by atoms with Crippen molar-refractivity contribution in [3.63, 3.8) is 0 Å². The van der Waals surface area contributed by atoms with Gasteiger partial charge in [-0.15, -0.1) is 0 Å². The van der Waals surface area contributed by atoms with Crippen molar-refractivity contribution in [3.05, 3.63) is 84.2 Å². The smallest absolute Gasteiger partial charge is 0.234 e. The van der Waals surface area contributed by atoms with Crippen LogP contribution in [0.1, 0.15) is 17.3 Å². The van der Waals surface area contributed by atoms with Crippen molar-refractivity contribution in [3.8, 4) is 11.4 Å². The van der Waals surface area contributed by atoms with Gasteiger partial charge >= 0.3 is 0 Å². The third kappa shape index (κ3) is 4.95. The molecular formula is C24H18FN3O2S. The number of amides is 1. The number of nitrogens with one attached hydrogen (secondary N) is 1. The van der Waals surface area contributed by atoms with Gasteiger partial charge in [0.2, 0.25) is 5.91 Å². The van der Waals surface area contributed by atoms with E-state index in [1.165, 1.54) is 30.8 Å². The van der Waals surface area contributed by atoms with Gasteiger partial charge in [-0.2, -0.15) is 0 Å². The minimum atomic E-state index is -0.388. The van der Waals surface area contributed by atoms with E-state index in [2.05, 4.69) is 15.3 Å². The zero-order valence-electron chi connectivity index (χ0n) is 16.6. The Morgan fingerprint density at radius 1 is 0.968 bits per heavy atom. The molecule has 0 atom stereocenters. The topological polar surface area (TPSA) is 72.0 Å². The predicted octanol–water partition coefficient (Wildman–Crippen LogP) is 5.37. The summed E-state index contributed by atoms with van der Waals surface area (Å²) in [5.41, 5.74) is 2.62. The summed E-state index contributed by atoms with van der Waals surface area (Å²) in [5, 5.41) is 3.89. The highest BCUT2D eigenvalue weighted by atomic mass is 32.2. The number of benzene rings is 3. The second-order valence-electron chi connectivity index (χ2n) is 6.85. The Balaban J connectivity index is 1.56. The number of carbonyl (C=O) groups is 2. The van der Waals surface area contributed by atoms with Crippen LogP contribution in [0.15, 0.2) is 77.8 Å². The number of carbonyl (C=O) groups excluding carboxylic acids is 2. The number of hydrogen-bond donors (Lipinski definition) is 1. The van der Waals surface area contributed by atoms with Crippen LogP contribution in [0.5, 0.6) is 0 Å². The summed E-state index contributed by atoms with van der Waals surface area (Å²) in [4.78, 5) is 33.0. The number of halogens is 1. The average molecular weight is 431 g/mol. The molecule has 0 aliphatic rings. The van der Waals surface area contributed by atoms with E-state index in [0.29, 0.717) is 33.0 Å². The third-order valence-electron chi connectivity index (χ3n) is 4.57. The molecule has 4 rings (SSSR count). The molecule has 154 valence electrons. The normalized spacial score (nSPS) is 10.8. The van der Waals surface area contributed by atoms with Crippen LogP contribution in [0.4, 0.5) is 10.1 Å². The van der Waals surface area contributed by atoms with E-state index in [9.17, 15) is 14.0 Å². The minimum Gasteiger partial charge on any atom is -0.325 e. The van der Waals surface area contributed by atoms with Gasteiger partial charge in [-0.25, -0.2) is 14.4 Å². The first-order valence-corrected chi connectivity index (χ1v) is 10.5. The lowest BCUT2D eigenvalue weighted by Gasteiger charge is -2.09. The Kier molecular flexibility index (Phi) is 6.04. The monoisotopic (exact) mass is 431 g/mol. The van der Waals surface area contributed by atoms with E-state index < -0.39 is 0 Å². The van der Waals surface area contributed by atoms with Crippen molar-refractivity contribution in [2.75, 3.05) is 11.1 Å². The molecule has 0 saturated carbocycles. The van der Waals surface area contributed by atoms with E-state index >= 15 is 0 Å². The lowest BCUT2D eigenvalue weighted by atomic mass is 10.1. The molecule has 0 fully saturated rings. The summed E-state index contributed by atoms with van der Waals surface area (Å²) in [6.45, 7) is 1.49. The maximum Gasteiger partial charge on any atom is 0.234 e. The summed E-state index contributed by atoms with van der Waals surface area (Å²) in [6, 6.07) is 20.5. The Morgan fingerprint density at radius 2 is 1.71 bits per heavy atom. The zero-order chi connectivity index (χ0) is 21.8. The van der Waals surface area contributed by atoms with Crippen LogP contribution in [0.3, 0.4) is 0 Å². The van der Waals surface area contributed by atoms with Gasteiger partial charge in [0.1, 0.15) is 10.8 Å². The van der Waals surface area contributed by atoms with Crippen LogP contribution >= 0.6 is 11.8 Å². The van der Waals surface area contributed by atoms with E-state index in [1.807, 2.05) is 30.3 Å². The molecule has 3 aromatic carbocycles. The average Bonchev–Trinajstić information content (AvgIpc) is 2.78. The van der Waals surface area contributed by atoms with E-state index in [0.717, 1.165) is 5.56 Å². The first-order chi connectivity index (χ1) is 15.0. The van der Waals surface area contributed by atoms with Crippen LogP contribution in [0.2, 0.25) is 0 Å². The molecule has 7 heteroatoms. The first-order valence-electron chi connectivity index (χ1n) is 9.56. The summed E-state index contributed by atoms with van der Waals surface area (Å²) in [7, 11) is 0. The van der Waals surface area contributed by atoms with E-state index in [4.69, 9.17) is 0 Å². The van der Waals surface area contributed by atoms with Crippen molar-refractivity contribution in [2.45, 2.75) is 11.9 Å². The van der Waals surface area contributed by atoms with Gasteiger partial charge in [0.05, 0.1) is 11.3 Å². The third-order valence-corrected chi connectivity index (χ3v) is 5.56. The fourth-order valence-electron chi connectivity index (χ4n) is 3.02. The second kappa shape index (κ2) is 9.06. The second-order valence-corrected chi connectivity index (χ2v) is 7.81. The fraction of sp³-hybridized carbons (Fsp3) is 0.0833. The van der Waals surface area contributed by atoms with Crippen molar-refractivity contribution in [1.29, 1.82) is 0 Å². The largest absolute Gasteiger partial charge is 0.325 e. The van der Waals surface area contributed by atoms with Crippen molar-refractivity contribution < 1.29 is 14.0 Å². The first kappa shape index (κ1) is 20.7. The summed E-state index contributed by atoms with van der Waals surface area (Å²) >= 11 is 1.22. The van der Waals surface area contributed by atoms with Crippen molar-refractivity contribution >= 4 is 40.0 Å². The molecule has 0 radical (unpaired) electrons. The molecule has 1 aromatic heterocycles. The molecule has 4 aromatic rings. The van der Waals surface area contributed by atoms with Crippen LogP contribution in [0, 0.1) is 5.82 Å². The molecule has 0 bridgehead atoms. The SMILES string of the molecule is CC(=O)c1ccc(NC(=O)CSc2nc(-c3ccccc3)nc3ccc(F)cc23)cc1. The molecule has 31 heavy (non-hydrogen) atoms. The van der Waals surface area contributed by atoms with Gasteiger partial charge in [0.15, 0.2) is 11.6 Å². The summed E-state index contributed by atoms with van der Waals surface area (Å²) in [5.74, 6) is -0.0518. The van der Waals surface area contributed by atoms with E-state index in [1.54, 1.807) is 30.3 Å². The lowest BCUT2D eigenvalue weighted by Crippen LogP contribution is -2.14. The highest BCUT2D eigenvalue weighted by Crippen LogP contribution is 2.29. The Morgan fingerprint density at radius 3 is 2.42 bits per heavy atom. The predicted molar refractivity (Wildman–Crippen MR) is 121 cm³/mol. The van der Waals surface area contributed by atoms with Crippen molar-refractivity contribution in [2.24, 2.45) is 0 Å². The Bertz CT molecular complexity index is 1260. The molecular weight excluding hydrogens is 413 g/mol. The highest BCUT2D eigenvalue weighted by Gasteiger charge is 2.13. The molecule has 5 nitrogen and oxygen atoms in total. The lowest BCUT2D eigenvalue weighted by molar-refractivity contribution is -0.113. The summed E-state index contributed by atoms with van der Waals surface area (Å²) < 4.78 is 13.8. The van der Waals surface area contributed by atoms with Crippen LogP contribution in [-0.4, -0.2) is 27.4 Å². The molecule has 1 heterocycles. The maximum absolute atomic E-state index is 13.8. The number of thioether (sulfide) groups is 1. The molecule has 1 amide bonds. The number of anilines is 1. The van der Waals surface area contributed by atoms with Gasteiger partial charge in [-0.05, 0) is 49.4 Å². The highest BCUT2D eigenvalue weighted by molar-refractivity contribution is 8.00. The van der Waals surface area contributed by atoms with Gasteiger partial charge in [-0.3, -0.25) is 9.59 Å². The van der Waals surface area contributed by atoms with Gasteiger partial charge in [0.25, 0.3) is 0 Å². The number of Topliss-reactive ketones (excluding diaryl/α,β-unsaturated/α-hetero) is 1. The molecule has 0 saturated heterocycles. The number of hydrogen-bond acceptors (Lipinski definition) is 5. The maximum atomic E-state index is 13.8. The molecule has 1 N–H and O–H groups in total. The minimum absolute atomic E-state index is 0.0366. The molecule has 0 spiro atoms. The quantitative estimate of drug-likeness (QED) is 0.252. The molecule has 0 unspecified atom stereocenters. The Labute approximate surface area is 182 Å². The Hall–Kier alpha value is -3.58. The number of aromatic nitrogens is 2. The van der Waals surface area contributed by atoms with Crippen LogP contribution in [0.25, 0.3) is 22.3 Å². The summed E-state index contributed by atoms with van der Waals surface area (Å²) in [6.07, 6.45) is 0. The number of nitrogens with zero attached hydrogens (tertiary/aromatic N) is 2. The van der Waals surface area contributed by atoms with Gasteiger partial charge < -0.3 is 5.32 Å². The zero-order valence-corrected chi connectivity index (χ0v) is 17.4. The van der Waals surface area contributed by atoms with Gasteiger partial charge in [0, 0.05) is 22.2 Å². The van der Waals surface area contributed by atoms with Crippen LogP contribution in [-0.2, 0) is 4.79 Å².